The molecule has 1 aliphatic heterocycles. The van der Waals surface area contributed by atoms with Crippen molar-refractivity contribution < 1.29 is 0 Å². The highest BCUT2D eigenvalue weighted by Gasteiger charge is 2.27. The van der Waals surface area contributed by atoms with Gasteiger partial charge in [-0.1, -0.05) is 13.0 Å². The molecule has 1 fully saturated rings. The van der Waals surface area contributed by atoms with Crippen LogP contribution in [0.25, 0.3) is 10.9 Å². The van der Waals surface area contributed by atoms with Crippen LogP contribution in [-0.2, 0) is 0 Å². The van der Waals surface area contributed by atoms with Crippen molar-refractivity contribution in [3.8, 4) is 6.07 Å². The highest BCUT2D eigenvalue weighted by molar-refractivity contribution is 5.95. The van der Waals surface area contributed by atoms with E-state index in [1.54, 1.807) is 6.20 Å². The molecule has 0 saturated carbocycles. The zero-order valence-electron chi connectivity index (χ0n) is 16.3. The first-order chi connectivity index (χ1) is 13.7. The van der Waals surface area contributed by atoms with Gasteiger partial charge in [-0.3, -0.25) is 9.97 Å². The van der Waals surface area contributed by atoms with Gasteiger partial charge in [0.25, 0.3) is 0 Å². The Bertz CT molecular complexity index is 995. The van der Waals surface area contributed by atoms with E-state index in [0.29, 0.717) is 17.5 Å². The van der Waals surface area contributed by atoms with Crippen LogP contribution < -0.4 is 10.2 Å². The molecule has 5 heteroatoms. The number of hydrogen-bond donors (Lipinski definition) is 1. The number of nitrogens with one attached hydrogen (secondary N) is 1. The smallest absolute Gasteiger partial charge is 0.101 e. The minimum absolute atomic E-state index is 0.206. The van der Waals surface area contributed by atoms with Crippen molar-refractivity contribution in [3.63, 3.8) is 0 Å². The van der Waals surface area contributed by atoms with Crippen molar-refractivity contribution in [1.29, 1.82) is 5.26 Å². The van der Waals surface area contributed by atoms with Crippen molar-refractivity contribution >= 4 is 16.6 Å². The van der Waals surface area contributed by atoms with E-state index in [-0.39, 0.29) is 6.04 Å². The Balaban J connectivity index is 1.59. The molecule has 3 aromatic rings. The molecule has 28 heavy (non-hydrogen) atoms. The fraction of sp³-hybridized carbons (Fsp3) is 0.348. The number of benzene rings is 1. The zero-order valence-corrected chi connectivity index (χ0v) is 16.3. The van der Waals surface area contributed by atoms with E-state index in [2.05, 4.69) is 58.3 Å². The Morgan fingerprint density at radius 2 is 1.96 bits per heavy atom. The highest BCUT2D eigenvalue weighted by Crippen LogP contribution is 2.31. The second kappa shape index (κ2) is 7.95. The van der Waals surface area contributed by atoms with Gasteiger partial charge in [0.2, 0.25) is 0 Å². The number of nitrogens with zero attached hydrogens (tertiary/aromatic N) is 4. The van der Waals surface area contributed by atoms with E-state index in [1.807, 2.05) is 30.5 Å². The predicted molar refractivity (Wildman–Crippen MR) is 112 cm³/mol. The number of piperidine rings is 1. The highest BCUT2D eigenvalue weighted by atomic mass is 15.2. The van der Waals surface area contributed by atoms with E-state index < -0.39 is 0 Å². The largest absolute Gasteiger partial charge is 0.369 e. The molecule has 1 aromatic carbocycles. The van der Waals surface area contributed by atoms with Crippen molar-refractivity contribution in [2.75, 3.05) is 18.0 Å². The van der Waals surface area contributed by atoms with Gasteiger partial charge in [0, 0.05) is 48.6 Å². The van der Waals surface area contributed by atoms with Crippen LogP contribution in [0.5, 0.6) is 0 Å². The maximum Gasteiger partial charge on any atom is 0.101 e. The van der Waals surface area contributed by atoms with Gasteiger partial charge in [0.05, 0.1) is 16.8 Å². The predicted octanol–water partition coefficient (Wildman–Crippen LogP) is 4.07. The summed E-state index contributed by atoms with van der Waals surface area (Å²) >= 11 is 0. The lowest BCUT2D eigenvalue weighted by molar-refractivity contribution is 0.328. The average molecular weight is 371 g/mol. The summed E-state index contributed by atoms with van der Waals surface area (Å²) in [5, 5.41) is 14.2. The molecule has 0 bridgehead atoms. The summed E-state index contributed by atoms with van der Waals surface area (Å²) in [4.78, 5) is 11.4. The number of anilines is 1. The number of aromatic nitrogens is 2. The number of fused-ring (bicyclic) bond motifs is 1. The van der Waals surface area contributed by atoms with Gasteiger partial charge in [0.1, 0.15) is 6.07 Å². The number of nitriles is 1. The molecule has 142 valence electrons. The minimum atomic E-state index is 0.206. The third-order valence-corrected chi connectivity index (χ3v) is 5.48. The number of pyridine rings is 2. The fourth-order valence-corrected chi connectivity index (χ4v) is 4.26. The summed E-state index contributed by atoms with van der Waals surface area (Å²) in [6.45, 7) is 6.41. The molecule has 0 radical (unpaired) electrons. The molecule has 4 rings (SSSR count). The zero-order chi connectivity index (χ0) is 19.5. The van der Waals surface area contributed by atoms with Gasteiger partial charge in [-0.25, -0.2) is 0 Å². The van der Waals surface area contributed by atoms with E-state index in [9.17, 15) is 5.26 Å². The monoisotopic (exact) mass is 371 g/mol. The molecule has 3 heterocycles. The molecule has 0 amide bonds. The molecule has 3 atom stereocenters. The fourth-order valence-electron chi connectivity index (χ4n) is 4.26. The van der Waals surface area contributed by atoms with Gasteiger partial charge in [-0.2, -0.15) is 5.26 Å². The first-order valence-electron chi connectivity index (χ1n) is 9.85. The first-order valence-corrected chi connectivity index (χ1v) is 9.85. The lowest BCUT2D eigenvalue weighted by Crippen LogP contribution is -2.49. The van der Waals surface area contributed by atoms with Crippen LogP contribution in [0.15, 0.2) is 54.9 Å². The van der Waals surface area contributed by atoms with E-state index in [4.69, 9.17) is 0 Å². The van der Waals surface area contributed by atoms with Crippen LogP contribution in [0, 0.1) is 17.2 Å². The van der Waals surface area contributed by atoms with Crippen molar-refractivity contribution in [1.82, 2.24) is 15.3 Å². The summed E-state index contributed by atoms with van der Waals surface area (Å²) < 4.78 is 0. The lowest BCUT2D eigenvalue weighted by atomic mass is 9.94. The van der Waals surface area contributed by atoms with Crippen LogP contribution in [0.1, 0.15) is 37.6 Å². The summed E-state index contributed by atoms with van der Waals surface area (Å²) in [5.41, 5.74) is 3.64. The van der Waals surface area contributed by atoms with Crippen molar-refractivity contribution in [2.24, 2.45) is 5.92 Å². The third kappa shape index (κ3) is 3.69. The van der Waals surface area contributed by atoms with Gasteiger partial charge < -0.3 is 10.2 Å². The standard InChI is InChI=1S/C23H25N5/c1-16-12-19(27-17(2)21-7-3-4-10-25-21)15-28(14-16)22-9-8-18(13-24)23-20(22)6-5-11-26-23/h3-11,16-17,19,27H,12,14-15H2,1-2H3/t16?,17?,19-/m1/s1. The van der Waals surface area contributed by atoms with Gasteiger partial charge in [-0.05, 0) is 55.7 Å². The Morgan fingerprint density at radius 3 is 2.75 bits per heavy atom. The Labute approximate surface area is 166 Å². The molecule has 1 N–H and O–H groups in total. The van der Waals surface area contributed by atoms with Crippen LogP contribution >= 0.6 is 0 Å². The molecule has 2 unspecified atom stereocenters. The summed E-state index contributed by atoms with van der Waals surface area (Å²) in [6.07, 6.45) is 4.74. The van der Waals surface area contributed by atoms with Crippen LogP contribution in [0.2, 0.25) is 0 Å². The van der Waals surface area contributed by atoms with E-state index in [0.717, 1.165) is 41.8 Å². The number of rotatable bonds is 4. The molecular formula is C23H25N5. The molecule has 0 spiro atoms. The second-order valence-electron chi connectivity index (χ2n) is 7.73. The molecule has 1 aliphatic rings. The Kier molecular flexibility index (Phi) is 5.23. The molecule has 5 nitrogen and oxygen atoms in total. The normalized spacial score (nSPS) is 20.7. The van der Waals surface area contributed by atoms with E-state index >= 15 is 0 Å². The molecule has 1 saturated heterocycles. The maximum atomic E-state index is 9.41. The SMILES string of the molecule is CC1C[C@@H](NC(C)c2ccccn2)CN(c2ccc(C#N)c3ncccc23)C1. The van der Waals surface area contributed by atoms with E-state index in [1.165, 1.54) is 0 Å². The van der Waals surface area contributed by atoms with Crippen molar-refractivity contribution in [2.45, 2.75) is 32.4 Å². The Hall–Kier alpha value is -2.97. The van der Waals surface area contributed by atoms with Gasteiger partial charge >= 0.3 is 0 Å². The quantitative estimate of drug-likeness (QED) is 0.749. The maximum absolute atomic E-state index is 9.41. The first kappa shape index (κ1) is 18.4. The average Bonchev–Trinajstić information content (AvgIpc) is 2.73. The summed E-state index contributed by atoms with van der Waals surface area (Å²) in [5.74, 6) is 0.574. The van der Waals surface area contributed by atoms with Crippen LogP contribution in [0.3, 0.4) is 0 Å². The Morgan fingerprint density at radius 1 is 1.11 bits per heavy atom. The van der Waals surface area contributed by atoms with Crippen LogP contribution in [-0.4, -0.2) is 29.1 Å². The lowest BCUT2D eigenvalue weighted by Gasteiger charge is -2.39. The minimum Gasteiger partial charge on any atom is -0.369 e. The molecule has 2 aromatic heterocycles. The van der Waals surface area contributed by atoms with Crippen molar-refractivity contribution in [3.05, 3.63) is 66.1 Å². The van der Waals surface area contributed by atoms with Crippen LogP contribution in [0.4, 0.5) is 5.69 Å². The number of hydrogen-bond acceptors (Lipinski definition) is 5. The third-order valence-electron chi connectivity index (χ3n) is 5.48. The topological polar surface area (TPSA) is 64.8 Å². The molecule has 0 aliphatic carbocycles. The van der Waals surface area contributed by atoms with Gasteiger partial charge in [-0.15, -0.1) is 0 Å². The summed E-state index contributed by atoms with van der Waals surface area (Å²) in [6, 6.07) is 16.9. The second-order valence-corrected chi connectivity index (χ2v) is 7.73. The molecular weight excluding hydrogens is 346 g/mol. The van der Waals surface area contributed by atoms with Gasteiger partial charge in [0.15, 0.2) is 0 Å². The summed E-state index contributed by atoms with van der Waals surface area (Å²) in [7, 11) is 0.